The van der Waals surface area contributed by atoms with E-state index in [1.54, 1.807) is 0 Å². The van der Waals surface area contributed by atoms with Gasteiger partial charge in [-0.25, -0.2) is 0 Å². The lowest BCUT2D eigenvalue weighted by Crippen LogP contribution is -2.76. The molecule has 3 aliphatic rings. The van der Waals surface area contributed by atoms with Crippen LogP contribution in [0.25, 0.3) is 0 Å². The van der Waals surface area contributed by atoms with E-state index in [0.29, 0.717) is 18.4 Å². The van der Waals surface area contributed by atoms with Gasteiger partial charge in [-0.15, -0.1) is 0 Å². The highest BCUT2D eigenvalue weighted by Gasteiger charge is 2.64. The second-order valence-electron chi connectivity index (χ2n) is 8.38. The summed E-state index contributed by atoms with van der Waals surface area (Å²) in [4.78, 5) is 15.2. The first-order valence-corrected chi connectivity index (χ1v) is 9.05. The lowest BCUT2D eigenvalue weighted by Gasteiger charge is -2.58. The molecule has 1 heterocycles. The summed E-state index contributed by atoms with van der Waals surface area (Å²) in [5, 5.41) is 0. The van der Waals surface area contributed by atoms with Gasteiger partial charge >= 0.3 is 0 Å². The summed E-state index contributed by atoms with van der Waals surface area (Å²) in [5.74, 6) is 0.163. The van der Waals surface area contributed by atoms with Crippen molar-refractivity contribution in [2.75, 3.05) is 19.7 Å². The summed E-state index contributed by atoms with van der Waals surface area (Å²) in [6.45, 7) is 8.68. The maximum atomic E-state index is 13.1. The van der Waals surface area contributed by atoms with Gasteiger partial charge in [0.1, 0.15) is 5.54 Å². The van der Waals surface area contributed by atoms with Crippen LogP contribution in [0, 0.1) is 10.8 Å². The van der Waals surface area contributed by atoms with Gasteiger partial charge in [0.2, 0.25) is 5.91 Å². The SMILES string of the molecule is CCOC1CC(N)(C(=O)N2CCC3(CCCCC3)C2)C1(C)C. The Morgan fingerprint density at radius 2 is 1.91 bits per heavy atom. The molecule has 4 heteroatoms. The first kappa shape index (κ1) is 16.3. The van der Waals surface area contributed by atoms with E-state index in [2.05, 4.69) is 18.7 Å². The van der Waals surface area contributed by atoms with Crippen LogP contribution in [0.5, 0.6) is 0 Å². The molecule has 22 heavy (non-hydrogen) atoms. The van der Waals surface area contributed by atoms with E-state index in [1.165, 1.54) is 38.5 Å². The average Bonchev–Trinajstić information content (AvgIpc) is 2.90. The van der Waals surface area contributed by atoms with Crippen LogP contribution in [0.1, 0.15) is 65.7 Å². The first-order chi connectivity index (χ1) is 10.3. The van der Waals surface area contributed by atoms with E-state index < -0.39 is 5.54 Å². The summed E-state index contributed by atoms with van der Waals surface area (Å²) in [7, 11) is 0. The van der Waals surface area contributed by atoms with E-state index in [0.717, 1.165) is 13.1 Å². The highest BCUT2D eigenvalue weighted by molar-refractivity contribution is 5.89. The van der Waals surface area contributed by atoms with Gasteiger partial charge in [0, 0.05) is 31.5 Å². The van der Waals surface area contributed by atoms with Crippen molar-refractivity contribution >= 4 is 5.91 Å². The third-order valence-electron chi connectivity index (χ3n) is 6.85. The number of ether oxygens (including phenoxy) is 1. The standard InChI is InChI=1S/C18H32N2O2/c1-4-22-14-12-18(19,16(14,2)3)15(21)20-11-10-17(13-20)8-6-5-7-9-17/h14H,4-13,19H2,1-3H3. The van der Waals surface area contributed by atoms with Crippen LogP contribution >= 0.6 is 0 Å². The van der Waals surface area contributed by atoms with Crippen LogP contribution in [0.15, 0.2) is 0 Å². The Balaban J connectivity index is 1.67. The van der Waals surface area contributed by atoms with Crippen LogP contribution in [-0.2, 0) is 9.53 Å². The maximum absolute atomic E-state index is 13.1. The Morgan fingerprint density at radius 1 is 1.23 bits per heavy atom. The van der Waals surface area contributed by atoms with Crippen molar-refractivity contribution in [2.24, 2.45) is 16.6 Å². The quantitative estimate of drug-likeness (QED) is 0.872. The van der Waals surface area contributed by atoms with Gasteiger partial charge in [-0.2, -0.15) is 0 Å². The van der Waals surface area contributed by atoms with Gasteiger partial charge in [-0.05, 0) is 31.6 Å². The number of likely N-dealkylation sites (tertiary alicyclic amines) is 1. The molecule has 4 nitrogen and oxygen atoms in total. The highest BCUT2D eigenvalue weighted by atomic mass is 16.5. The van der Waals surface area contributed by atoms with Crippen LogP contribution in [0.4, 0.5) is 0 Å². The van der Waals surface area contributed by atoms with Crippen LogP contribution < -0.4 is 5.73 Å². The minimum atomic E-state index is -0.743. The van der Waals surface area contributed by atoms with Crippen molar-refractivity contribution < 1.29 is 9.53 Å². The molecule has 126 valence electrons. The summed E-state index contributed by atoms with van der Waals surface area (Å²) in [5.41, 5.74) is 5.95. The largest absolute Gasteiger partial charge is 0.378 e. The molecule has 0 aromatic heterocycles. The highest BCUT2D eigenvalue weighted by Crippen LogP contribution is 2.52. The topological polar surface area (TPSA) is 55.6 Å². The van der Waals surface area contributed by atoms with Crippen molar-refractivity contribution in [1.29, 1.82) is 0 Å². The molecule has 1 amide bonds. The van der Waals surface area contributed by atoms with Gasteiger partial charge in [0.15, 0.2) is 0 Å². The number of carbonyl (C=O) groups is 1. The number of amides is 1. The Labute approximate surface area is 134 Å². The summed E-state index contributed by atoms with van der Waals surface area (Å²) < 4.78 is 5.76. The zero-order valence-corrected chi connectivity index (χ0v) is 14.5. The molecule has 2 aliphatic carbocycles. The molecular formula is C18H32N2O2. The van der Waals surface area contributed by atoms with Crippen molar-refractivity contribution in [3.05, 3.63) is 0 Å². The molecule has 2 atom stereocenters. The second-order valence-corrected chi connectivity index (χ2v) is 8.38. The van der Waals surface area contributed by atoms with Crippen LogP contribution in [-0.4, -0.2) is 42.1 Å². The lowest BCUT2D eigenvalue weighted by atomic mass is 9.54. The van der Waals surface area contributed by atoms with Gasteiger partial charge < -0.3 is 15.4 Å². The molecular weight excluding hydrogens is 276 g/mol. The molecule has 1 saturated heterocycles. The second kappa shape index (κ2) is 5.48. The molecule has 2 unspecified atom stereocenters. The summed E-state index contributed by atoms with van der Waals surface area (Å²) >= 11 is 0. The molecule has 1 spiro atoms. The summed E-state index contributed by atoms with van der Waals surface area (Å²) in [6, 6.07) is 0. The van der Waals surface area contributed by atoms with E-state index in [4.69, 9.17) is 10.5 Å². The molecule has 0 radical (unpaired) electrons. The first-order valence-electron chi connectivity index (χ1n) is 9.05. The monoisotopic (exact) mass is 308 g/mol. The van der Waals surface area contributed by atoms with E-state index >= 15 is 0 Å². The van der Waals surface area contributed by atoms with Gasteiger partial charge in [0.25, 0.3) is 0 Å². The third kappa shape index (κ3) is 2.30. The molecule has 0 aromatic rings. The van der Waals surface area contributed by atoms with E-state index in [9.17, 15) is 4.79 Å². The van der Waals surface area contributed by atoms with Gasteiger partial charge in [0.05, 0.1) is 6.10 Å². The number of nitrogens with two attached hydrogens (primary N) is 1. The smallest absolute Gasteiger partial charge is 0.243 e. The molecule has 2 saturated carbocycles. The third-order valence-corrected chi connectivity index (χ3v) is 6.85. The lowest BCUT2D eigenvalue weighted by molar-refractivity contribution is -0.178. The Morgan fingerprint density at radius 3 is 2.50 bits per heavy atom. The zero-order chi connectivity index (χ0) is 16.0. The molecule has 0 aromatic carbocycles. The zero-order valence-electron chi connectivity index (χ0n) is 14.5. The van der Waals surface area contributed by atoms with E-state index in [-0.39, 0.29) is 17.4 Å². The molecule has 3 rings (SSSR count). The number of hydrogen-bond donors (Lipinski definition) is 1. The number of carbonyl (C=O) groups excluding carboxylic acids is 1. The predicted octanol–water partition coefficient (Wildman–Crippen LogP) is 2.70. The van der Waals surface area contributed by atoms with Crippen molar-refractivity contribution in [2.45, 2.75) is 77.4 Å². The van der Waals surface area contributed by atoms with Crippen molar-refractivity contribution in [3.63, 3.8) is 0 Å². The fourth-order valence-electron chi connectivity index (χ4n) is 4.90. The predicted molar refractivity (Wildman–Crippen MR) is 87.4 cm³/mol. The van der Waals surface area contributed by atoms with E-state index in [1.807, 2.05) is 6.92 Å². The average molecular weight is 308 g/mol. The fourth-order valence-corrected chi connectivity index (χ4v) is 4.90. The minimum absolute atomic E-state index is 0.109. The van der Waals surface area contributed by atoms with Crippen LogP contribution in [0.3, 0.4) is 0 Å². The number of hydrogen-bond acceptors (Lipinski definition) is 3. The number of rotatable bonds is 3. The normalized spacial score (nSPS) is 36.4. The fraction of sp³-hybridized carbons (Fsp3) is 0.944. The van der Waals surface area contributed by atoms with Crippen LogP contribution in [0.2, 0.25) is 0 Å². The molecule has 3 fully saturated rings. The summed E-state index contributed by atoms with van der Waals surface area (Å²) in [6.07, 6.45) is 8.54. The maximum Gasteiger partial charge on any atom is 0.243 e. The Kier molecular flexibility index (Phi) is 4.05. The Bertz CT molecular complexity index is 442. The molecule has 0 bridgehead atoms. The van der Waals surface area contributed by atoms with Gasteiger partial charge in [-0.3, -0.25) is 4.79 Å². The number of nitrogens with zero attached hydrogens (tertiary/aromatic N) is 1. The van der Waals surface area contributed by atoms with Crippen molar-refractivity contribution in [3.8, 4) is 0 Å². The van der Waals surface area contributed by atoms with Crippen molar-refractivity contribution in [1.82, 2.24) is 4.90 Å². The minimum Gasteiger partial charge on any atom is -0.378 e. The molecule has 1 aliphatic heterocycles. The van der Waals surface area contributed by atoms with Gasteiger partial charge in [-0.1, -0.05) is 33.1 Å². The Hall–Kier alpha value is -0.610. The molecule has 2 N–H and O–H groups in total.